The fraction of sp³-hybridized carbons (Fsp3) is 0. The number of aromatic nitrogens is 2. The van der Waals surface area contributed by atoms with Crippen LogP contribution in [0.5, 0.6) is 5.75 Å². The highest BCUT2D eigenvalue weighted by atomic mass is 79.9. The molecule has 0 aliphatic carbocycles. The van der Waals surface area contributed by atoms with E-state index in [0.717, 1.165) is 9.15 Å². The number of aromatic amines is 1. The van der Waals surface area contributed by atoms with Gasteiger partial charge in [0.25, 0.3) is 5.56 Å². The molecule has 7 heteroatoms. The molecule has 2 aromatic carbocycles. The molecule has 0 bridgehead atoms. The van der Waals surface area contributed by atoms with E-state index in [0.29, 0.717) is 16.5 Å². The first-order valence-electron chi connectivity index (χ1n) is 6.33. The maximum atomic E-state index is 12.3. The zero-order chi connectivity index (χ0) is 15.7. The van der Waals surface area contributed by atoms with Gasteiger partial charge in [0, 0.05) is 10.0 Å². The van der Waals surface area contributed by atoms with Gasteiger partial charge in [0.15, 0.2) is 0 Å². The minimum Gasteiger partial charge on any atom is -0.507 e. The molecule has 0 fully saturated rings. The van der Waals surface area contributed by atoms with Gasteiger partial charge in [0.1, 0.15) is 5.75 Å². The molecular formula is C15H10BrN3O3. The molecule has 3 aromatic rings. The number of nitrogens with zero attached hydrogens (tertiary/aromatic N) is 2. The lowest BCUT2D eigenvalue weighted by molar-refractivity contribution is 0.474. The Labute approximate surface area is 132 Å². The van der Waals surface area contributed by atoms with Crippen LogP contribution in [0.3, 0.4) is 0 Å². The third kappa shape index (κ3) is 2.58. The number of fused-ring (bicyclic) bond motifs is 1. The van der Waals surface area contributed by atoms with Crippen LogP contribution in [0.25, 0.3) is 10.9 Å². The Morgan fingerprint density at radius 1 is 1.18 bits per heavy atom. The van der Waals surface area contributed by atoms with Gasteiger partial charge in [-0.2, -0.15) is 5.10 Å². The molecule has 1 aromatic heterocycles. The number of nitrogens with one attached hydrogen (secondary N) is 1. The molecule has 0 saturated heterocycles. The first-order chi connectivity index (χ1) is 10.6. The van der Waals surface area contributed by atoms with Crippen LogP contribution in [-0.2, 0) is 0 Å². The average molecular weight is 360 g/mol. The van der Waals surface area contributed by atoms with Gasteiger partial charge in [-0.3, -0.25) is 4.79 Å². The second-order valence-electron chi connectivity index (χ2n) is 4.54. The molecular weight excluding hydrogens is 350 g/mol. The number of H-pyrrole nitrogens is 1. The third-order valence-corrected chi connectivity index (χ3v) is 3.58. The molecule has 0 saturated carbocycles. The van der Waals surface area contributed by atoms with Gasteiger partial charge in [-0.1, -0.05) is 28.1 Å². The van der Waals surface area contributed by atoms with Crippen molar-refractivity contribution in [2.24, 2.45) is 5.10 Å². The fourth-order valence-corrected chi connectivity index (χ4v) is 2.39. The minimum atomic E-state index is -0.644. The smallest absolute Gasteiger partial charge is 0.349 e. The minimum absolute atomic E-state index is 0.00258. The Morgan fingerprint density at radius 3 is 2.77 bits per heavy atom. The molecule has 6 nitrogen and oxygen atoms in total. The third-order valence-electron chi connectivity index (χ3n) is 3.09. The number of hydrogen-bond acceptors (Lipinski definition) is 4. The van der Waals surface area contributed by atoms with Gasteiger partial charge in [-0.05, 0) is 30.3 Å². The summed E-state index contributed by atoms with van der Waals surface area (Å²) in [5.74, 6) is -0.00258. The Kier molecular flexibility index (Phi) is 3.64. The van der Waals surface area contributed by atoms with E-state index >= 15 is 0 Å². The van der Waals surface area contributed by atoms with E-state index in [1.807, 2.05) is 0 Å². The standard InChI is InChI=1S/C15H10BrN3O3/c16-10-5-6-13(20)9(7-10)8-17-19-14(21)11-3-1-2-4-12(11)18-15(19)22/h1-8,20H,(H,18,22). The summed E-state index contributed by atoms with van der Waals surface area (Å²) in [5.41, 5.74) is -0.331. The maximum Gasteiger partial charge on any atom is 0.349 e. The quantitative estimate of drug-likeness (QED) is 0.686. The van der Waals surface area contributed by atoms with Crippen LogP contribution in [0, 0.1) is 0 Å². The van der Waals surface area contributed by atoms with Crippen LogP contribution in [0.2, 0.25) is 0 Å². The monoisotopic (exact) mass is 359 g/mol. The average Bonchev–Trinajstić information content (AvgIpc) is 2.50. The molecule has 22 heavy (non-hydrogen) atoms. The number of hydrogen-bond donors (Lipinski definition) is 2. The highest BCUT2D eigenvalue weighted by molar-refractivity contribution is 9.10. The SMILES string of the molecule is O=c1[nH]c2ccccc2c(=O)n1N=Cc1cc(Br)ccc1O. The van der Waals surface area contributed by atoms with Gasteiger partial charge in [-0.25, -0.2) is 4.79 Å². The van der Waals surface area contributed by atoms with Crippen LogP contribution in [0.4, 0.5) is 0 Å². The first kappa shape index (κ1) is 14.3. The number of para-hydroxylation sites is 1. The van der Waals surface area contributed by atoms with Crippen molar-refractivity contribution in [3.05, 3.63) is 73.3 Å². The number of benzene rings is 2. The zero-order valence-electron chi connectivity index (χ0n) is 11.2. The van der Waals surface area contributed by atoms with E-state index in [4.69, 9.17) is 0 Å². The lowest BCUT2D eigenvalue weighted by Crippen LogP contribution is -2.32. The number of halogens is 1. The Morgan fingerprint density at radius 2 is 1.95 bits per heavy atom. The van der Waals surface area contributed by atoms with E-state index in [1.165, 1.54) is 12.3 Å². The normalized spacial score (nSPS) is 11.3. The number of rotatable bonds is 2. The molecule has 0 aliphatic rings. The Bertz CT molecular complexity index is 1000. The molecule has 2 N–H and O–H groups in total. The van der Waals surface area contributed by atoms with Crippen molar-refractivity contribution in [3.8, 4) is 5.75 Å². The predicted molar refractivity (Wildman–Crippen MR) is 87.6 cm³/mol. The lowest BCUT2D eigenvalue weighted by Gasteiger charge is -2.02. The molecule has 0 spiro atoms. The molecule has 3 rings (SSSR count). The van der Waals surface area contributed by atoms with E-state index in [-0.39, 0.29) is 5.75 Å². The number of aromatic hydroxyl groups is 1. The second-order valence-corrected chi connectivity index (χ2v) is 5.46. The van der Waals surface area contributed by atoms with Crippen molar-refractivity contribution in [1.29, 1.82) is 0 Å². The Balaban J connectivity index is 2.15. The lowest BCUT2D eigenvalue weighted by atomic mass is 10.2. The predicted octanol–water partition coefficient (Wildman–Crippen LogP) is 2.04. The van der Waals surface area contributed by atoms with E-state index < -0.39 is 11.2 Å². The molecule has 0 radical (unpaired) electrons. The van der Waals surface area contributed by atoms with Gasteiger partial charge in [0.05, 0.1) is 17.1 Å². The summed E-state index contributed by atoms with van der Waals surface area (Å²) < 4.78 is 1.47. The maximum absolute atomic E-state index is 12.3. The zero-order valence-corrected chi connectivity index (χ0v) is 12.7. The second kappa shape index (κ2) is 5.61. The summed E-state index contributed by atoms with van der Waals surface area (Å²) in [4.78, 5) is 26.8. The summed E-state index contributed by atoms with van der Waals surface area (Å²) in [6.07, 6.45) is 1.26. The molecule has 0 amide bonds. The van der Waals surface area contributed by atoms with Gasteiger partial charge in [0.2, 0.25) is 0 Å². The summed E-state index contributed by atoms with van der Waals surface area (Å²) in [5, 5.41) is 14.0. The molecule has 0 atom stereocenters. The van der Waals surface area contributed by atoms with Crippen LogP contribution < -0.4 is 11.2 Å². The van der Waals surface area contributed by atoms with Crippen LogP contribution in [0.15, 0.2) is 61.6 Å². The topological polar surface area (TPSA) is 87.5 Å². The van der Waals surface area contributed by atoms with Gasteiger partial charge < -0.3 is 10.1 Å². The van der Waals surface area contributed by atoms with Gasteiger partial charge >= 0.3 is 5.69 Å². The van der Waals surface area contributed by atoms with Gasteiger partial charge in [-0.15, -0.1) is 4.68 Å². The summed E-state index contributed by atoms with van der Waals surface area (Å²) in [6, 6.07) is 11.5. The van der Waals surface area contributed by atoms with Crippen molar-refractivity contribution in [3.63, 3.8) is 0 Å². The van der Waals surface area contributed by atoms with Crippen LogP contribution >= 0.6 is 15.9 Å². The highest BCUT2D eigenvalue weighted by Gasteiger charge is 2.06. The van der Waals surface area contributed by atoms with Crippen LogP contribution in [-0.4, -0.2) is 21.0 Å². The number of phenols is 1. The van der Waals surface area contributed by atoms with E-state index in [9.17, 15) is 14.7 Å². The van der Waals surface area contributed by atoms with Crippen LogP contribution in [0.1, 0.15) is 5.56 Å². The van der Waals surface area contributed by atoms with Crippen molar-refractivity contribution >= 4 is 33.0 Å². The van der Waals surface area contributed by atoms with Crippen molar-refractivity contribution in [1.82, 2.24) is 9.66 Å². The Hall–Kier alpha value is -2.67. The molecule has 0 unspecified atom stereocenters. The van der Waals surface area contributed by atoms with E-state index in [2.05, 4.69) is 26.0 Å². The summed E-state index contributed by atoms with van der Waals surface area (Å²) >= 11 is 3.27. The van der Waals surface area contributed by atoms with Crippen molar-refractivity contribution < 1.29 is 5.11 Å². The molecule has 0 aliphatic heterocycles. The van der Waals surface area contributed by atoms with E-state index in [1.54, 1.807) is 36.4 Å². The van der Waals surface area contributed by atoms with Crippen molar-refractivity contribution in [2.75, 3.05) is 0 Å². The fourth-order valence-electron chi connectivity index (χ4n) is 2.01. The summed E-state index contributed by atoms with van der Waals surface area (Å²) in [7, 11) is 0. The summed E-state index contributed by atoms with van der Waals surface area (Å²) in [6.45, 7) is 0. The van der Waals surface area contributed by atoms with Crippen molar-refractivity contribution in [2.45, 2.75) is 0 Å². The molecule has 110 valence electrons. The largest absolute Gasteiger partial charge is 0.507 e. The number of phenolic OH excluding ortho intramolecular Hbond substituents is 1. The first-order valence-corrected chi connectivity index (χ1v) is 7.12. The highest BCUT2D eigenvalue weighted by Crippen LogP contribution is 2.19. The molecule has 1 heterocycles.